The highest BCUT2D eigenvalue weighted by Crippen LogP contribution is 2.33. The summed E-state index contributed by atoms with van der Waals surface area (Å²) in [6.45, 7) is 8.35. The fourth-order valence-corrected chi connectivity index (χ4v) is 2.29. The van der Waals surface area contributed by atoms with E-state index in [2.05, 4.69) is 31.0 Å². The molecule has 0 spiro atoms. The predicted molar refractivity (Wildman–Crippen MR) is 67.1 cm³/mol. The predicted octanol–water partition coefficient (Wildman–Crippen LogP) is 1.28. The molecule has 92 valence electrons. The second-order valence-electron chi connectivity index (χ2n) is 4.84. The third-order valence-electron chi connectivity index (χ3n) is 3.61. The molecule has 2 unspecified atom stereocenters. The van der Waals surface area contributed by atoms with E-state index in [9.17, 15) is 0 Å². The fraction of sp³-hybridized carbons (Fsp3) is 0.846. The lowest BCUT2D eigenvalue weighted by Crippen LogP contribution is -2.59. The summed E-state index contributed by atoms with van der Waals surface area (Å²) in [5.41, 5.74) is 5.90. The first-order valence-corrected chi connectivity index (χ1v) is 6.08. The van der Waals surface area contributed by atoms with Crippen molar-refractivity contribution in [2.75, 3.05) is 19.7 Å². The van der Waals surface area contributed by atoms with Crippen molar-refractivity contribution in [2.45, 2.75) is 51.2 Å². The van der Waals surface area contributed by atoms with Gasteiger partial charge in [-0.2, -0.15) is 0 Å². The van der Waals surface area contributed by atoms with Gasteiger partial charge in [0.25, 0.3) is 0 Å². The summed E-state index contributed by atoms with van der Waals surface area (Å²) in [7, 11) is 0. The van der Waals surface area contributed by atoms with Crippen LogP contribution in [-0.2, 0) is 4.74 Å². The highest BCUT2D eigenvalue weighted by Gasteiger charge is 2.40. The van der Waals surface area contributed by atoms with Crippen molar-refractivity contribution in [1.29, 1.82) is 0 Å². The molecule has 0 radical (unpaired) electrons. The molecule has 2 atom stereocenters. The highest BCUT2D eigenvalue weighted by molar-refractivity contribution is 5.04. The Hall–Kier alpha value is -0.560. The molecule has 1 aliphatic rings. The van der Waals surface area contributed by atoms with Gasteiger partial charge in [0, 0.05) is 18.7 Å². The molecule has 1 rings (SSSR count). The maximum Gasteiger partial charge on any atom is 0.0670 e. The third-order valence-corrected chi connectivity index (χ3v) is 3.61. The summed E-state index contributed by atoms with van der Waals surface area (Å²) in [5, 5.41) is 3.50. The number of hydrogen-bond acceptors (Lipinski definition) is 3. The molecule has 0 bridgehead atoms. The lowest BCUT2D eigenvalue weighted by atomic mass is 9.79. The van der Waals surface area contributed by atoms with Gasteiger partial charge in [-0.1, -0.05) is 12.8 Å². The van der Waals surface area contributed by atoms with Gasteiger partial charge in [0.15, 0.2) is 0 Å². The minimum atomic E-state index is -0.0374. The molecule has 0 aromatic heterocycles. The Labute approximate surface area is 99.1 Å². The monoisotopic (exact) mass is 224 g/mol. The van der Waals surface area contributed by atoms with Crippen molar-refractivity contribution in [2.24, 2.45) is 5.73 Å². The Bertz CT molecular complexity index is 281. The standard InChI is InChI=1S/C13H24N2O/c1-4-6-8-15-13(11-14)7-9-16-12(3,5-2)10-13/h15H,5,7-11,14H2,1-3H3. The maximum absolute atomic E-state index is 5.93. The van der Waals surface area contributed by atoms with E-state index >= 15 is 0 Å². The fourth-order valence-electron chi connectivity index (χ4n) is 2.29. The van der Waals surface area contributed by atoms with E-state index in [0.29, 0.717) is 13.1 Å². The van der Waals surface area contributed by atoms with E-state index in [0.717, 1.165) is 25.9 Å². The third kappa shape index (κ3) is 3.21. The van der Waals surface area contributed by atoms with Crippen molar-refractivity contribution in [3.8, 4) is 11.8 Å². The largest absolute Gasteiger partial charge is 0.375 e. The van der Waals surface area contributed by atoms with Crippen LogP contribution in [0.2, 0.25) is 0 Å². The van der Waals surface area contributed by atoms with Gasteiger partial charge in [0.1, 0.15) is 0 Å². The van der Waals surface area contributed by atoms with Crippen molar-refractivity contribution in [3.63, 3.8) is 0 Å². The summed E-state index contributed by atoms with van der Waals surface area (Å²) in [5.74, 6) is 5.94. The lowest BCUT2D eigenvalue weighted by molar-refractivity contribution is -0.0987. The number of ether oxygens (including phenoxy) is 1. The molecule has 3 heteroatoms. The highest BCUT2D eigenvalue weighted by atomic mass is 16.5. The smallest absolute Gasteiger partial charge is 0.0670 e. The first kappa shape index (κ1) is 13.5. The van der Waals surface area contributed by atoms with Gasteiger partial charge >= 0.3 is 0 Å². The van der Waals surface area contributed by atoms with E-state index in [4.69, 9.17) is 10.5 Å². The van der Waals surface area contributed by atoms with Crippen LogP contribution in [0.3, 0.4) is 0 Å². The van der Waals surface area contributed by atoms with Crippen molar-refractivity contribution in [3.05, 3.63) is 0 Å². The van der Waals surface area contributed by atoms with Gasteiger partial charge in [0.2, 0.25) is 0 Å². The summed E-state index contributed by atoms with van der Waals surface area (Å²) < 4.78 is 5.85. The molecule has 0 amide bonds. The Balaban J connectivity index is 2.66. The van der Waals surface area contributed by atoms with Crippen LogP contribution in [0.5, 0.6) is 0 Å². The zero-order valence-corrected chi connectivity index (χ0v) is 10.7. The van der Waals surface area contributed by atoms with Gasteiger partial charge in [-0.3, -0.25) is 5.32 Å². The Morgan fingerprint density at radius 3 is 2.81 bits per heavy atom. The van der Waals surface area contributed by atoms with Crippen LogP contribution in [0.25, 0.3) is 0 Å². The van der Waals surface area contributed by atoms with Crippen LogP contribution in [-0.4, -0.2) is 30.8 Å². The Morgan fingerprint density at radius 2 is 2.25 bits per heavy atom. The summed E-state index contributed by atoms with van der Waals surface area (Å²) in [6, 6.07) is 0. The molecule has 3 nitrogen and oxygen atoms in total. The Morgan fingerprint density at radius 1 is 1.50 bits per heavy atom. The van der Waals surface area contributed by atoms with E-state index in [1.54, 1.807) is 0 Å². The van der Waals surface area contributed by atoms with Gasteiger partial charge in [-0.05, 0) is 33.1 Å². The van der Waals surface area contributed by atoms with E-state index < -0.39 is 0 Å². The molecule has 1 saturated heterocycles. The molecule has 3 N–H and O–H groups in total. The average Bonchev–Trinajstić information content (AvgIpc) is 2.30. The molecular weight excluding hydrogens is 200 g/mol. The first-order chi connectivity index (χ1) is 7.60. The molecule has 1 heterocycles. The van der Waals surface area contributed by atoms with E-state index in [1.165, 1.54) is 0 Å². The molecule has 1 fully saturated rings. The zero-order chi connectivity index (χ0) is 12.1. The van der Waals surface area contributed by atoms with Gasteiger partial charge in [0.05, 0.1) is 12.1 Å². The normalized spacial score (nSPS) is 34.2. The number of nitrogens with two attached hydrogens (primary N) is 1. The van der Waals surface area contributed by atoms with Gasteiger partial charge in [-0.15, -0.1) is 5.92 Å². The minimum absolute atomic E-state index is 0.00681. The number of hydrogen-bond donors (Lipinski definition) is 2. The van der Waals surface area contributed by atoms with Crippen molar-refractivity contribution < 1.29 is 4.74 Å². The van der Waals surface area contributed by atoms with Crippen LogP contribution in [0, 0.1) is 11.8 Å². The van der Waals surface area contributed by atoms with Gasteiger partial charge in [-0.25, -0.2) is 0 Å². The zero-order valence-electron chi connectivity index (χ0n) is 10.7. The number of rotatable bonds is 4. The van der Waals surface area contributed by atoms with Crippen LogP contribution < -0.4 is 11.1 Å². The molecule has 16 heavy (non-hydrogen) atoms. The van der Waals surface area contributed by atoms with E-state index in [1.807, 2.05) is 6.92 Å². The maximum atomic E-state index is 5.93. The quantitative estimate of drug-likeness (QED) is 0.707. The van der Waals surface area contributed by atoms with Crippen LogP contribution >= 0.6 is 0 Å². The van der Waals surface area contributed by atoms with Crippen LogP contribution in [0.1, 0.15) is 40.0 Å². The average molecular weight is 224 g/mol. The van der Waals surface area contributed by atoms with Crippen LogP contribution in [0.15, 0.2) is 0 Å². The molecule has 0 aliphatic carbocycles. The summed E-state index contributed by atoms with van der Waals surface area (Å²) in [4.78, 5) is 0. The molecule has 1 aliphatic heterocycles. The second kappa shape index (κ2) is 5.67. The number of nitrogens with one attached hydrogen (secondary N) is 1. The first-order valence-electron chi connectivity index (χ1n) is 6.08. The Kier molecular flexibility index (Phi) is 4.79. The lowest BCUT2D eigenvalue weighted by Gasteiger charge is -2.46. The van der Waals surface area contributed by atoms with E-state index in [-0.39, 0.29) is 11.1 Å². The SMILES string of the molecule is CC#CCNC1(CN)CCOC(C)(CC)C1. The van der Waals surface area contributed by atoms with Crippen molar-refractivity contribution >= 4 is 0 Å². The van der Waals surface area contributed by atoms with Crippen LogP contribution in [0.4, 0.5) is 0 Å². The summed E-state index contributed by atoms with van der Waals surface area (Å²) >= 11 is 0. The summed E-state index contributed by atoms with van der Waals surface area (Å²) in [6.07, 6.45) is 2.97. The molecule has 0 aromatic rings. The van der Waals surface area contributed by atoms with Gasteiger partial charge < -0.3 is 10.5 Å². The minimum Gasteiger partial charge on any atom is -0.375 e. The second-order valence-corrected chi connectivity index (χ2v) is 4.84. The molecular formula is C13H24N2O. The topological polar surface area (TPSA) is 47.3 Å². The molecule has 0 aromatic carbocycles. The molecule has 0 saturated carbocycles. The van der Waals surface area contributed by atoms with Crippen molar-refractivity contribution in [1.82, 2.24) is 5.32 Å².